The molecule has 0 aliphatic heterocycles. The molecule has 4 aromatic carbocycles. The van der Waals surface area contributed by atoms with Crippen LogP contribution in [-0.4, -0.2) is 41.7 Å². The quantitative estimate of drug-likeness (QED) is 0.313. The minimum Gasteiger partial charge on any atom is -0.494 e. The zero-order valence-electron chi connectivity index (χ0n) is 20.8. The summed E-state index contributed by atoms with van der Waals surface area (Å²) in [7, 11) is -1.27. The number of nitrogens with zero attached hydrogens (tertiary/aromatic N) is 1. The smallest absolute Gasteiger partial charge is 0.264 e. The maximum absolute atomic E-state index is 13.8. The summed E-state index contributed by atoms with van der Waals surface area (Å²) in [6.07, 6.45) is 0. The number of hydrogen-bond donors (Lipinski definition) is 1. The summed E-state index contributed by atoms with van der Waals surface area (Å²) in [4.78, 5) is 13.1. The van der Waals surface area contributed by atoms with Crippen LogP contribution in [0.3, 0.4) is 0 Å². The summed E-state index contributed by atoms with van der Waals surface area (Å²) < 4.78 is 44.7. The molecule has 0 bridgehead atoms. The molecule has 0 unspecified atom stereocenters. The van der Waals surface area contributed by atoms with Crippen molar-refractivity contribution in [3.05, 3.63) is 84.9 Å². The van der Waals surface area contributed by atoms with Crippen LogP contribution in [0, 0.1) is 0 Å². The van der Waals surface area contributed by atoms with Crippen LogP contribution in [0.2, 0.25) is 0 Å². The molecule has 37 heavy (non-hydrogen) atoms. The SMILES string of the molecule is CCOc1ccc(N(CC(=O)Nc2ccc3ccccc3c2)S(=O)(=O)c2ccc(OC)c(OC)c2)cc1. The summed E-state index contributed by atoms with van der Waals surface area (Å²) in [6, 6.07) is 24.1. The van der Waals surface area contributed by atoms with Gasteiger partial charge in [-0.3, -0.25) is 9.10 Å². The summed E-state index contributed by atoms with van der Waals surface area (Å²) >= 11 is 0. The minimum absolute atomic E-state index is 0.0439. The monoisotopic (exact) mass is 520 g/mol. The number of benzene rings is 4. The van der Waals surface area contributed by atoms with E-state index in [0.29, 0.717) is 29.5 Å². The van der Waals surface area contributed by atoms with Gasteiger partial charge in [-0.25, -0.2) is 8.42 Å². The number of fused-ring (bicyclic) bond motifs is 1. The normalized spacial score (nSPS) is 11.1. The second kappa shape index (κ2) is 11.2. The molecule has 0 fully saturated rings. The topological polar surface area (TPSA) is 94.2 Å². The molecular formula is C28H28N2O6S. The second-order valence-corrected chi connectivity index (χ2v) is 9.93. The highest BCUT2D eigenvalue weighted by atomic mass is 32.2. The lowest BCUT2D eigenvalue weighted by molar-refractivity contribution is -0.114. The highest BCUT2D eigenvalue weighted by Gasteiger charge is 2.28. The molecule has 0 spiro atoms. The van der Waals surface area contributed by atoms with Gasteiger partial charge in [-0.1, -0.05) is 30.3 Å². The van der Waals surface area contributed by atoms with Gasteiger partial charge in [-0.2, -0.15) is 0 Å². The Labute approximate surface area is 216 Å². The van der Waals surface area contributed by atoms with Crippen LogP contribution < -0.4 is 23.8 Å². The Morgan fingerprint density at radius 1 is 0.838 bits per heavy atom. The fraction of sp³-hybridized carbons (Fsp3) is 0.179. The number of sulfonamides is 1. The highest BCUT2D eigenvalue weighted by molar-refractivity contribution is 7.92. The zero-order valence-corrected chi connectivity index (χ0v) is 21.6. The molecule has 0 atom stereocenters. The Bertz CT molecular complexity index is 1500. The van der Waals surface area contributed by atoms with Crippen LogP contribution in [0.5, 0.6) is 17.2 Å². The van der Waals surface area contributed by atoms with Gasteiger partial charge < -0.3 is 19.5 Å². The maximum atomic E-state index is 13.8. The first-order chi connectivity index (χ1) is 17.8. The molecule has 0 heterocycles. The van der Waals surface area contributed by atoms with E-state index in [1.807, 2.05) is 43.3 Å². The number of nitrogens with one attached hydrogen (secondary N) is 1. The molecule has 0 saturated carbocycles. The van der Waals surface area contributed by atoms with E-state index in [0.717, 1.165) is 15.1 Å². The lowest BCUT2D eigenvalue weighted by atomic mass is 10.1. The van der Waals surface area contributed by atoms with Crippen LogP contribution in [0.25, 0.3) is 10.8 Å². The van der Waals surface area contributed by atoms with Crippen LogP contribution in [0.15, 0.2) is 89.8 Å². The zero-order chi connectivity index (χ0) is 26.4. The Morgan fingerprint density at radius 3 is 2.22 bits per heavy atom. The Kier molecular flexibility index (Phi) is 7.83. The summed E-state index contributed by atoms with van der Waals surface area (Å²) in [6.45, 7) is 1.89. The fourth-order valence-electron chi connectivity index (χ4n) is 3.89. The van der Waals surface area contributed by atoms with Crippen molar-refractivity contribution in [3.63, 3.8) is 0 Å². The number of rotatable bonds is 10. The number of carbonyl (C=O) groups is 1. The van der Waals surface area contributed by atoms with Crippen LogP contribution >= 0.6 is 0 Å². The molecule has 4 aromatic rings. The Balaban J connectivity index is 1.67. The van der Waals surface area contributed by atoms with E-state index in [-0.39, 0.29) is 10.6 Å². The summed E-state index contributed by atoms with van der Waals surface area (Å²) in [5.41, 5.74) is 0.880. The van der Waals surface area contributed by atoms with E-state index in [9.17, 15) is 13.2 Å². The molecule has 0 aromatic heterocycles. The summed E-state index contributed by atoms with van der Waals surface area (Å²) in [5, 5.41) is 4.81. The maximum Gasteiger partial charge on any atom is 0.264 e. The highest BCUT2D eigenvalue weighted by Crippen LogP contribution is 2.32. The van der Waals surface area contributed by atoms with Crippen molar-refractivity contribution in [1.82, 2.24) is 0 Å². The van der Waals surface area contributed by atoms with Gasteiger partial charge in [0.1, 0.15) is 12.3 Å². The van der Waals surface area contributed by atoms with Gasteiger partial charge in [0.25, 0.3) is 10.0 Å². The number of ether oxygens (including phenoxy) is 3. The number of anilines is 2. The Hall–Kier alpha value is -4.24. The van der Waals surface area contributed by atoms with Crippen LogP contribution in [-0.2, 0) is 14.8 Å². The predicted octanol–water partition coefficient (Wildman–Crippen LogP) is 5.09. The van der Waals surface area contributed by atoms with Crippen molar-refractivity contribution in [1.29, 1.82) is 0 Å². The molecule has 1 amide bonds. The molecule has 9 heteroatoms. The first kappa shape index (κ1) is 25.8. The van der Waals surface area contributed by atoms with Crippen LogP contribution in [0.4, 0.5) is 11.4 Å². The second-order valence-electron chi connectivity index (χ2n) is 8.07. The van der Waals surface area contributed by atoms with Crippen molar-refractivity contribution in [2.45, 2.75) is 11.8 Å². The van der Waals surface area contributed by atoms with Crippen molar-refractivity contribution in [2.24, 2.45) is 0 Å². The largest absolute Gasteiger partial charge is 0.494 e. The Morgan fingerprint density at radius 2 is 1.54 bits per heavy atom. The molecule has 0 saturated heterocycles. The van der Waals surface area contributed by atoms with Gasteiger partial charge in [0.15, 0.2) is 11.5 Å². The van der Waals surface area contributed by atoms with Crippen molar-refractivity contribution in [3.8, 4) is 17.2 Å². The van der Waals surface area contributed by atoms with E-state index < -0.39 is 22.5 Å². The van der Waals surface area contributed by atoms with Gasteiger partial charge in [-0.05, 0) is 66.2 Å². The number of methoxy groups -OCH3 is 2. The summed E-state index contributed by atoms with van der Waals surface area (Å²) in [5.74, 6) is 0.752. The standard InChI is InChI=1S/C28H28N2O6S/c1-4-36-24-13-11-23(12-14-24)30(37(32,33)25-15-16-26(34-2)27(18-25)35-3)19-28(31)29-22-10-9-20-7-5-6-8-21(20)17-22/h5-18H,4,19H2,1-3H3,(H,29,31). The van der Waals surface area contributed by atoms with Gasteiger partial charge in [0.2, 0.25) is 5.91 Å². The van der Waals surface area contributed by atoms with E-state index >= 15 is 0 Å². The van der Waals surface area contributed by atoms with Gasteiger partial charge in [-0.15, -0.1) is 0 Å². The predicted molar refractivity (Wildman–Crippen MR) is 144 cm³/mol. The van der Waals surface area contributed by atoms with E-state index in [1.54, 1.807) is 30.3 Å². The fourth-order valence-corrected chi connectivity index (χ4v) is 5.33. The number of carbonyl (C=O) groups excluding carboxylic acids is 1. The third-order valence-corrected chi connectivity index (χ3v) is 7.47. The number of hydrogen-bond acceptors (Lipinski definition) is 6. The van der Waals surface area contributed by atoms with Crippen molar-refractivity contribution >= 4 is 38.1 Å². The van der Waals surface area contributed by atoms with Crippen molar-refractivity contribution in [2.75, 3.05) is 37.0 Å². The van der Waals surface area contributed by atoms with Gasteiger partial charge in [0.05, 0.1) is 31.4 Å². The number of amides is 1. The molecule has 0 radical (unpaired) electrons. The molecule has 192 valence electrons. The first-order valence-electron chi connectivity index (χ1n) is 11.6. The third-order valence-electron chi connectivity index (χ3n) is 5.70. The minimum atomic E-state index is -4.16. The van der Waals surface area contributed by atoms with E-state index in [1.165, 1.54) is 32.4 Å². The first-order valence-corrected chi connectivity index (χ1v) is 13.1. The molecule has 8 nitrogen and oxygen atoms in total. The molecule has 1 N–H and O–H groups in total. The lowest BCUT2D eigenvalue weighted by Crippen LogP contribution is -2.38. The lowest BCUT2D eigenvalue weighted by Gasteiger charge is -2.25. The van der Waals surface area contributed by atoms with E-state index in [4.69, 9.17) is 14.2 Å². The van der Waals surface area contributed by atoms with Gasteiger partial charge >= 0.3 is 0 Å². The third kappa shape index (κ3) is 5.78. The van der Waals surface area contributed by atoms with Crippen molar-refractivity contribution < 1.29 is 27.4 Å². The molecular weight excluding hydrogens is 492 g/mol. The van der Waals surface area contributed by atoms with E-state index in [2.05, 4.69) is 5.32 Å². The average Bonchev–Trinajstić information content (AvgIpc) is 2.92. The molecule has 0 aliphatic carbocycles. The average molecular weight is 521 g/mol. The molecule has 4 rings (SSSR count). The van der Waals surface area contributed by atoms with Crippen LogP contribution in [0.1, 0.15) is 6.92 Å². The van der Waals surface area contributed by atoms with Gasteiger partial charge in [0, 0.05) is 11.8 Å². The molecule has 0 aliphatic rings.